The molecule has 0 saturated heterocycles. The second-order valence-electron chi connectivity index (χ2n) is 9.93. The predicted octanol–water partition coefficient (Wildman–Crippen LogP) is 6.25. The lowest BCUT2D eigenvalue weighted by molar-refractivity contribution is -0.140. The molecule has 5 nitrogen and oxygen atoms in total. The van der Waals surface area contributed by atoms with Crippen LogP contribution in [-0.2, 0) is 28.3 Å². The van der Waals surface area contributed by atoms with E-state index in [4.69, 9.17) is 4.74 Å². The zero-order valence-corrected chi connectivity index (χ0v) is 24.3. The maximum absolute atomic E-state index is 13.7. The Morgan fingerprint density at radius 3 is 2.14 bits per heavy atom. The molecule has 3 aromatic rings. The molecule has 3 rings (SSSR count). The van der Waals surface area contributed by atoms with Gasteiger partial charge in [0.05, 0.1) is 12.9 Å². The Morgan fingerprint density at radius 1 is 0.919 bits per heavy atom. The highest BCUT2D eigenvalue weighted by Gasteiger charge is 2.32. The number of thioether (sulfide) groups is 1. The van der Waals surface area contributed by atoms with Gasteiger partial charge < -0.3 is 15.0 Å². The lowest BCUT2D eigenvalue weighted by atomic mass is 10.0. The molecule has 1 N–H and O–H groups in total. The lowest BCUT2D eigenvalue weighted by Crippen LogP contribution is -2.54. The van der Waals surface area contributed by atoms with E-state index < -0.39 is 11.6 Å². The number of benzene rings is 3. The molecule has 3 aromatic carbocycles. The third kappa shape index (κ3) is 9.56. The van der Waals surface area contributed by atoms with Crippen LogP contribution in [0.25, 0.3) is 0 Å². The maximum atomic E-state index is 13.7. The van der Waals surface area contributed by atoms with Gasteiger partial charge in [-0.25, -0.2) is 0 Å². The van der Waals surface area contributed by atoms with E-state index in [0.29, 0.717) is 18.7 Å². The van der Waals surface area contributed by atoms with Crippen molar-refractivity contribution in [3.05, 3.63) is 100 Å². The van der Waals surface area contributed by atoms with Crippen LogP contribution in [-0.4, -0.2) is 41.2 Å². The van der Waals surface area contributed by atoms with Crippen LogP contribution in [0.2, 0.25) is 0 Å². The Balaban J connectivity index is 1.84. The third-order valence-corrected chi connectivity index (χ3v) is 7.21. The minimum absolute atomic E-state index is 0.0635. The normalized spacial score (nSPS) is 12.0. The van der Waals surface area contributed by atoms with Gasteiger partial charge in [0, 0.05) is 28.7 Å². The standard InChI is InChI=1S/C30H35BrN2O3S/c1-30(2,3)32-29(35)27(18-22-8-6-5-7-9-22)33(19-23-10-14-25(31)15-11-23)28(34)21-37-20-24-12-16-26(36-4)17-13-24/h5-17,27H,18-21H2,1-4H3,(H,32,35)/t27-/m0/s1. The maximum Gasteiger partial charge on any atom is 0.243 e. The van der Waals surface area contributed by atoms with Gasteiger partial charge in [-0.2, -0.15) is 0 Å². The second kappa shape index (κ2) is 13.7. The average molecular weight is 584 g/mol. The zero-order valence-electron chi connectivity index (χ0n) is 21.9. The summed E-state index contributed by atoms with van der Waals surface area (Å²) >= 11 is 5.03. The van der Waals surface area contributed by atoms with Gasteiger partial charge in [0.2, 0.25) is 11.8 Å². The number of halogens is 1. The number of rotatable bonds is 11. The Kier molecular flexibility index (Phi) is 10.6. The molecule has 0 aromatic heterocycles. The van der Waals surface area contributed by atoms with Crippen LogP contribution in [0.4, 0.5) is 0 Å². The van der Waals surface area contributed by atoms with Crippen LogP contribution >= 0.6 is 27.7 Å². The number of hydrogen-bond donors (Lipinski definition) is 1. The molecule has 196 valence electrons. The summed E-state index contributed by atoms with van der Waals surface area (Å²) in [5.74, 6) is 1.56. The number of nitrogens with one attached hydrogen (secondary N) is 1. The molecule has 0 saturated carbocycles. The fraction of sp³-hybridized carbons (Fsp3) is 0.333. The molecule has 0 radical (unpaired) electrons. The van der Waals surface area contributed by atoms with Crippen molar-refractivity contribution in [3.8, 4) is 5.75 Å². The molecule has 1 atom stereocenters. The number of methoxy groups -OCH3 is 1. The van der Waals surface area contributed by atoms with Crippen molar-refractivity contribution in [2.24, 2.45) is 0 Å². The van der Waals surface area contributed by atoms with E-state index in [-0.39, 0.29) is 17.6 Å². The first-order chi connectivity index (χ1) is 17.6. The number of carbonyl (C=O) groups excluding carboxylic acids is 2. The largest absolute Gasteiger partial charge is 0.497 e. The van der Waals surface area contributed by atoms with Crippen LogP contribution < -0.4 is 10.1 Å². The Bertz CT molecular complexity index is 1150. The van der Waals surface area contributed by atoms with Gasteiger partial charge in [0.1, 0.15) is 11.8 Å². The Labute approximate surface area is 233 Å². The summed E-state index contributed by atoms with van der Waals surface area (Å²) in [7, 11) is 1.64. The third-order valence-electron chi connectivity index (χ3n) is 5.69. The van der Waals surface area contributed by atoms with Crippen molar-refractivity contribution in [2.75, 3.05) is 12.9 Å². The van der Waals surface area contributed by atoms with E-state index in [2.05, 4.69) is 21.2 Å². The summed E-state index contributed by atoms with van der Waals surface area (Å²) in [4.78, 5) is 29.0. The molecule has 0 unspecified atom stereocenters. The molecule has 7 heteroatoms. The van der Waals surface area contributed by atoms with E-state index >= 15 is 0 Å². The second-order valence-corrected chi connectivity index (χ2v) is 11.8. The number of nitrogens with zero attached hydrogens (tertiary/aromatic N) is 1. The smallest absolute Gasteiger partial charge is 0.243 e. The Morgan fingerprint density at radius 2 is 1.54 bits per heavy atom. The van der Waals surface area contributed by atoms with Crippen LogP contribution in [0, 0.1) is 0 Å². The van der Waals surface area contributed by atoms with Gasteiger partial charge >= 0.3 is 0 Å². The van der Waals surface area contributed by atoms with E-state index in [1.165, 1.54) is 0 Å². The van der Waals surface area contributed by atoms with E-state index in [0.717, 1.165) is 26.9 Å². The van der Waals surface area contributed by atoms with Gasteiger partial charge in [-0.3, -0.25) is 9.59 Å². The van der Waals surface area contributed by atoms with E-state index in [1.54, 1.807) is 23.8 Å². The number of hydrogen-bond acceptors (Lipinski definition) is 4. The topological polar surface area (TPSA) is 58.6 Å². The molecule has 0 aliphatic heterocycles. The highest BCUT2D eigenvalue weighted by molar-refractivity contribution is 9.10. The van der Waals surface area contributed by atoms with Crippen molar-refractivity contribution in [1.82, 2.24) is 10.2 Å². The quantitative estimate of drug-likeness (QED) is 0.290. The summed E-state index contributed by atoms with van der Waals surface area (Å²) < 4.78 is 6.20. The monoisotopic (exact) mass is 582 g/mol. The van der Waals surface area contributed by atoms with Gasteiger partial charge in [-0.1, -0.05) is 70.5 Å². The van der Waals surface area contributed by atoms with Crippen molar-refractivity contribution in [2.45, 2.75) is 51.1 Å². The molecule has 0 bridgehead atoms. The van der Waals surface area contributed by atoms with Crippen LogP contribution in [0.3, 0.4) is 0 Å². The number of ether oxygens (including phenoxy) is 1. The fourth-order valence-electron chi connectivity index (χ4n) is 3.85. The van der Waals surface area contributed by atoms with Crippen molar-refractivity contribution in [3.63, 3.8) is 0 Å². The van der Waals surface area contributed by atoms with E-state index in [1.807, 2.05) is 99.6 Å². The fourth-order valence-corrected chi connectivity index (χ4v) is 4.99. The Hall–Kier alpha value is -2.77. The molecule has 0 fully saturated rings. The summed E-state index contributed by atoms with van der Waals surface area (Å²) in [6.07, 6.45) is 0.439. The first-order valence-electron chi connectivity index (χ1n) is 12.2. The summed E-state index contributed by atoms with van der Waals surface area (Å²) in [5, 5.41) is 3.10. The number of amides is 2. The number of carbonyl (C=O) groups is 2. The highest BCUT2D eigenvalue weighted by Crippen LogP contribution is 2.21. The SMILES string of the molecule is COc1ccc(CSCC(=O)N(Cc2ccc(Br)cc2)[C@@H](Cc2ccccc2)C(=O)NC(C)(C)C)cc1. The minimum Gasteiger partial charge on any atom is -0.497 e. The van der Waals surface area contributed by atoms with Gasteiger partial charge in [0.25, 0.3) is 0 Å². The van der Waals surface area contributed by atoms with Gasteiger partial charge in [-0.15, -0.1) is 11.8 Å². The molecule has 0 aliphatic carbocycles. The average Bonchev–Trinajstić information content (AvgIpc) is 2.87. The van der Waals surface area contributed by atoms with Gasteiger partial charge in [0.15, 0.2) is 0 Å². The lowest BCUT2D eigenvalue weighted by Gasteiger charge is -2.34. The molecule has 37 heavy (non-hydrogen) atoms. The highest BCUT2D eigenvalue weighted by atomic mass is 79.9. The van der Waals surface area contributed by atoms with Crippen molar-refractivity contribution < 1.29 is 14.3 Å². The first-order valence-corrected chi connectivity index (χ1v) is 14.2. The zero-order chi connectivity index (χ0) is 26.8. The molecule has 0 aliphatic rings. The molecule has 0 spiro atoms. The molecule has 0 heterocycles. The van der Waals surface area contributed by atoms with E-state index in [9.17, 15) is 9.59 Å². The van der Waals surface area contributed by atoms with Crippen molar-refractivity contribution >= 4 is 39.5 Å². The first kappa shape index (κ1) is 28.8. The summed E-state index contributed by atoms with van der Waals surface area (Å²) in [5.41, 5.74) is 2.68. The van der Waals surface area contributed by atoms with Crippen LogP contribution in [0.5, 0.6) is 5.75 Å². The summed E-state index contributed by atoms with van der Waals surface area (Å²) in [6, 6.07) is 25.0. The van der Waals surface area contributed by atoms with Gasteiger partial charge in [-0.05, 0) is 61.7 Å². The summed E-state index contributed by atoms with van der Waals surface area (Å²) in [6.45, 7) is 6.21. The van der Waals surface area contributed by atoms with Crippen LogP contribution in [0.1, 0.15) is 37.5 Å². The predicted molar refractivity (Wildman–Crippen MR) is 156 cm³/mol. The molecular weight excluding hydrogens is 548 g/mol. The van der Waals surface area contributed by atoms with Crippen LogP contribution in [0.15, 0.2) is 83.3 Å². The minimum atomic E-state index is -0.639. The van der Waals surface area contributed by atoms with Crippen molar-refractivity contribution in [1.29, 1.82) is 0 Å². The molecule has 2 amide bonds. The molecular formula is C30H35BrN2O3S.